The van der Waals surface area contributed by atoms with E-state index in [0.717, 1.165) is 12.8 Å². The van der Waals surface area contributed by atoms with Crippen LogP contribution in [0, 0.1) is 11.7 Å². The summed E-state index contributed by atoms with van der Waals surface area (Å²) in [6.07, 6.45) is 1.87. The van der Waals surface area contributed by atoms with Crippen molar-refractivity contribution < 1.29 is 9.18 Å². The third kappa shape index (κ3) is 3.04. The number of alkyl halides is 1. The first kappa shape index (κ1) is 13.8. The smallest absolute Gasteiger partial charge is 0.256 e. The summed E-state index contributed by atoms with van der Waals surface area (Å²) in [6.45, 7) is 0.636. The van der Waals surface area contributed by atoms with Crippen molar-refractivity contribution in [2.75, 3.05) is 13.6 Å². The van der Waals surface area contributed by atoms with Gasteiger partial charge < -0.3 is 4.90 Å². The minimum absolute atomic E-state index is 0.113. The normalized spacial score (nSPS) is 22.4. The highest BCUT2D eigenvalue weighted by molar-refractivity contribution is 9.10. The van der Waals surface area contributed by atoms with Crippen LogP contribution in [0.25, 0.3) is 0 Å². The second-order valence-corrected chi connectivity index (χ2v) is 6.28. The molecule has 1 aromatic rings. The van der Waals surface area contributed by atoms with Gasteiger partial charge in [0.1, 0.15) is 5.82 Å². The second-order valence-electron chi connectivity index (χ2n) is 4.74. The predicted octanol–water partition coefficient (Wildman–Crippen LogP) is 3.68. The number of halogens is 3. The van der Waals surface area contributed by atoms with E-state index in [0.29, 0.717) is 16.9 Å². The van der Waals surface area contributed by atoms with E-state index < -0.39 is 5.82 Å². The molecule has 0 unspecified atom stereocenters. The quantitative estimate of drug-likeness (QED) is 0.772. The van der Waals surface area contributed by atoms with Gasteiger partial charge in [-0.25, -0.2) is 4.39 Å². The Morgan fingerprint density at radius 3 is 2.78 bits per heavy atom. The molecule has 0 aliphatic heterocycles. The molecule has 18 heavy (non-hydrogen) atoms. The highest BCUT2D eigenvalue weighted by Crippen LogP contribution is 2.32. The van der Waals surface area contributed by atoms with E-state index in [1.807, 2.05) is 0 Å². The molecule has 2 rings (SSSR count). The number of benzene rings is 1. The lowest BCUT2D eigenvalue weighted by atomic mass is 9.84. The Balaban J connectivity index is 2.01. The number of nitrogens with zero attached hydrogens (tertiary/aromatic N) is 1. The SMILES string of the molecule is CN(CC1CC(Cl)C1)C(=O)c1ccc(Br)cc1F. The summed E-state index contributed by atoms with van der Waals surface area (Å²) in [5, 5.41) is 0.239. The average molecular weight is 335 g/mol. The van der Waals surface area contributed by atoms with E-state index in [1.54, 1.807) is 18.0 Å². The van der Waals surface area contributed by atoms with Crippen LogP contribution in [0.5, 0.6) is 0 Å². The Bertz CT molecular complexity index is 462. The highest BCUT2D eigenvalue weighted by atomic mass is 79.9. The monoisotopic (exact) mass is 333 g/mol. The summed E-state index contributed by atoms with van der Waals surface area (Å²) in [5.41, 5.74) is 0.113. The van der Waals surface area contributed by atoms with Crippen LogP contribution >= 0.6 is 27.5 Å². The van der Waals surface area contributed by atoms with Crippen molar-refractivity contribution in [1.82, 2.24) is 4.90 Å². The minimum Gasteiger partial charge on any atom is -0.341 e. The van der Waals surface area contributed by atoms with Crippen molar-refractivity contribution in [1.29, 1.82) is 0 Å². The van der Waals surface area contributed by atoms with Crippen LogP contribution in [-0.2, 0) is 0 Å². The van der Waals surface area contributed by atoms with Crippen LogP contribution in [0.4, 0.5) is 4.39 Å². The molecular formula is C13H14BrClFNO. The predicted molar refractivity (Wildman–Crippen MR) is 73.4 cm³/mol. The third-order valence-corrected chi connectivity index (χ3v) is 4.07. The van der Waals surface area contributed by atoms with Gasteiger partial charge in [-0.3, -0.25) is 4.79 Å². The van der Waals surface area contributed by atoms with Crippen LogP contribution in [0.15, 0.2) is 22.7 Å². The molecule has 0 heterocycles. The lowest BCUT2D eigenvalue weighted by Gasteiger charge is -2.34. The van der Waals surface area contributed by atoms with Gasteiger partial charge in [0.2, 0.25) is 0 Å². The maximum absolute atomic E-state index is 13.7. The first-order valence-corrected chi connectivity index (χ1v) is 7.05. The Hall–Kier alpha value is -0.610. The van der Waals surface area contributed by atoms with Crippen molar-refractivity contribution in [3.8, 4) is 0 Å². The van der Waals surface area contributed by atoms with Gasteiger partial charge in [-0.05, 0) is 37.0 Å². The zero-order chi connectivity index (χ0) is 13.3. The number of amides is 1. The molecule has 1 aromatic carbocycles. The molecule has 0 N–H and O–H groups in total. The molecule has 1 aliphatic carbocycles. The first-order chi connectivity index (χ1) is 8.47. The molecule has 2 nitrogen and oxygen atoms in total. The fourth-order valence-corrected chi connectivity index (χ4v) is 2.98. The van der Waals surface area contributed by atoms with Crippen LogP contribution < -0.4 is 0 Å². The number of hydrogen-bond donors (Lipinski definition) is 0. The van der Waals surface area contributed by atoms with Gasteiger partial charge in [-0.2, -0.15) is 0 Å². The van der Waals surface area contributed by atoms with E-state index in [4.69, 9.17) is 11.6 Å². The van der Waals surface area contributed by atoms with Crippen LogP contribution in [-0.4, -0.2) is 29.8 Å². The molecule has 1 saturated carbocycles. The summed E-state index contributed by atoms with van der Waals surface area (Å²) in [4.78, 5) is 13.6. The van der Waals surface area contributed by atoms with Crippen LogP contribution in [0.1, 0.15) is 23.2 Å². The van der Waals surface area contributed by atoms with Crippen molar-refractivity contribution in [3.05, 3.63) is 34.1 Å². The summed E-state index contributed by atoms with van der Waals surface area (Å²) in [6, 6.07) is 4.48. The van der Waals surface area contributed by atoms with Gasteiger partial charge in [-0.15, -0.1) is 11.6 Å². The fraction of sp³-hybridized carbons (Fsp3) is 0.462. The Morgan fingerprint density at radius 2 is 2.22 bits per heavy atom. The van der Waals surface area contributed by atoms with Gasteiger partial charge in [0.15, 0.2) is 0 Å². The molecule has 1 fully saturated rings. The molecule has 0 radical (unpaired) electrons. The van der Waals surface area contributed by atoms with Gasteiger partial charge in [0, 0.05) is 23.4 Å². The molecule has 0 saturated heterocycles. The van der Waals surface area contributed by atoms with Crippen LogP contribution in [0.2, 0.25) is 0 Å². The van der Waals surface area contributed by atoms with E-state index in [1.165, 1.54) is 12.1 Å². The second kappa shape index (κ2) is 5.57. The van der Waals surface area contributed by atoms with E-state index in [-0.39, 0.29) is 16.8 Å². The zero-order valence-corrected chi connectivity index (χ0v) is 12.3. The molecule has 5 heteroatoms. The molecule has 1 aliphatic rings. The lowest BCUT2D eigenvalue weighted by Crippen LogP contribution is -2.38. The molecule has 0 aromatic heterocycles. The van der Waals surface area contributed by atoms with Crippen molar-refractivity contribution in [3.63, 3.8) is 0 Å². The van der Waals surface area contributed by atoms with Crippen molar-refractivity contribution >= 4 is 33.4 Å². The van der Waals surface area contributed by atoms with Gasteiger partial charge in [0.05, 0.1) is 5.56 Å². The number of carbonyl (C=O) groups excluding carboxylic acids is 1. The maximum Gasteiger partial charge on any atom is 0.256 e. The standard InChI is InChI=1S/C13H14BrClFNO/c1-17(7-8-4-10(15)5-8)13(18)11-3-2-9(14)6-12(11)16/h2-3,6,8,10H,4-5,7H2,1H3. The van der Waals surface area contributed by atoms with Gasteiger partial charge in [-0.1, -0.05) is 15.9 Å². The van der Waals surface area contributed by atoms with Crippen molar-refractivity contribution in [2.45, 2.75) is 18.2 Å². The topological polar surface area (TPSA) is 20.3 Å². The Labute approximate surface area is 119 Å². The minimum atomic E-state index is -0.495. The number of carbonyl (C=O) groups is 1. The number of rotatable bonds is 3. The highest BCUT2D eigenvalue weighted by Gasteiger charge is 2.29. The average Bonchev–Trinajstić information content (AvgIpc) is 2.26. The third-order valence-electron chi connectivity index (χ3n) is 3.22. The summed E-state index contributed by atoms with van der Waals surface area (Å²) >= 11 is 9.07. The Kier molecular flexibility index (Phi) is 4.28. The summed E-state index contributed by atoms with van der Waals surface area (Å²) < 4.78 is 14.3. The molecule has 0 atom stereocenters. The summed E-state index contributed by atoms with van der Waals surface area (Å²) in [5.74, 6) is -0.331. The zero-order valence-electron chi connectivity index (χ0n) is 10.00. The lowest BCUT2D eigenvalue weighted by molar-refractivity contribution is 0.0742. The van der Waals surface area contributed by atoms with Gasteiger partial charge >= 0.3 is 0 Å². The van der Waals surface area contributed by atoms with E-state index in [9.17, 15) is 9.18 Å². The summed E-state index contributed by atoms with van der Waals surface area (Å²) in [7, 11) is 1.70. The van der Waals surface area contributed by atoms with E-state index in [2.05, 4.69) is 15.9 Å². The Morgan fingerprint density at radius 1 is 1.56 bits per heavy atom. The molecule has 0 bridgehead atoms. The molecule has 1 amide bonds. The van der Waals surface area contributed by atoms with Gasteiger partial charge in [0.25, 0.3) is 5.91 Å². The maximum atomic E-state index is 13.7. The number of hydrogen-bond acceptors (Lipinski definition) is 1. The first-order valence-electron chi connectivity index (χ1n) is 5.82. The largest absolute Gasteiger partial charge is 0.341 e. The molecule has 0 spiro atoms. The van der Waals surface area contributed by atoms with Crippen LogP contribution in [0.3, 0.4) is 0 Å². The van der Waals surface area contributed by atoms with E-state index >= 15 is 0 Å². The van der Waals surface area contributed by atoms with Crippen molar-refractivity contribution in [2.24, 2.45) is 5.92 Å². The molecule has 98 valence electrons. The molecular weight excluding hydrogens is 321 g/mol. The fourth-order valence-electron chi connectivity index (χ4n) is 2.14.